The first-order chi connectivity index (χ1) is 15.5. The Hall–Kier alpha value is -2.70. The minimum Gasteiger partial charge on any atom is -0.491 e. The van der Waals surface area contributed by atoms with E-state index in [-0.39, 0.29) is 17.4 Å². The van der Waals surface area contributed by atoms with Crippen LogP contribution in [0.3, 0.4) is 0 Å². The van der Waals surface area contributed by atoms with E-state index in [0.29, 0.717) is 0 Å². The van der Waals surface area contributed by atoms with Crippen molar-refractivity contribution in [3.05, 3.63) is 77.4 Å². The van der Waals surface area contributed by atoms with Crippen molar-refractivity contribution < 1.29 is 9.26 Å². The molecule has 2 aliphatic rings. The van der Waals surface area contributed by atoms with Gasteiger partial charge in [0.1, 0.15) is 5.75 Å². The van der Waals surface area contributed by atoms with Crippen molar-refractivity contribution in [3.63, 3.8) is 0 Å². The van der Waals surface area contributed by atoms with E-state index in [0.717, 1.165) is 56.7 Å². The lowest BCUT2D eigenvalue weighted by Crippen LogP contribution is -2.59. The molecule has 0 saturated carbocycles. The van der Waals surface area contributed by atoms with Gasteiger partial charge in [-0.25, -0.2) is 0 Å². The molecular formula is C26H32N4O2. The molecule has 5 rings (SSSR count). The van der Waals surface area contributed by atoms with Crippen LogP contribution in [0.4, 0.5) is 0 Å². The molecule has 0 aliphatic carbocycles. The van der Waals surface area contributed by atoms with Crippen LogP contribution in [0.1, 0.15) is 42.6 Å². The number of hydrogen-bond acceptors (Lipinski definition) is 6. The molecule has 2 saturated heterocycles. The zero-order valence-corrected chi connectivity index (χ0v) is 19.2. The standard InChI is InChI=1S/C26H32N4O2/c1-19(2)31-23-11-9-22(10-12-23)14-30-17-26(18-30)16-29(13-21-7-5-4-6-8-21)15-24(26)25-27-20(3)28-32-25/h4-12,19,24H,13-18H2,1-3H3. The summed E-state index contributed by atoms with van der Waals surface area (Å²) >= 11 is 0. The first kappa shape index (κ1) is 21.2. The fourth-order valence-electron chi connectivity index (χ4n) is 5.31. The van der Waals surface area contributed by atoms with E-state index in [1.807, 2.05) is 6.92 Å². The van der Waals surface area contributed by atoms with Crippen LogP contribution < -0.4 is 4.74 Å². The average molecular weight is 433 g/mol. The number of aromatic nitrogens is 2. The molecule has 2 fully saturated rings. The van der Waals surface area contributed by atoms with Gasteiger partial charge in [-0.15, -0.1) is 0 Å². The predicted molar refractivity (Wildman–Crippen MR) is 123 cm³/mol. The molecule has 1 aromatic heterocycles. The largest absolute Gasteiger partial charge is 0.491 e. The molecule has 1 atom stereocenters. The van der Waals surface area contributed by atoms with E-state index >= 15 is 0 Å². The van der Waals surface area contributed by atoms with E-state index in [4.69, 9.17) is 9.26 Å². The highest BCUT2D eigenvalue weighted by Gasteiger charge is 2.56. The van der Waals surface area contributed by atoms with Crippen LogP contribution in [0.5, 0.6) is 5.75 Å². The smallest absolute Gasteiger partial charge is 0.231 e. The van der Waals surface area contributed by atoms with Crippen molar-refractivity contribution in [2.24, 2.45) is 5.41 Å². The zero-order chi connectivity index (χ0) is 22.1. The van der Waals surface area contributed by atoms with Crippen molar-refractivity contribution >= 4 is 0 Å². The third-order valence-electron chi connectivity index (χ3n) is 6.59. The second-order valence-corrected chi connectivity index (χ2v) is 9.71. The van der Waals surface area contributed by atoms with Crippen LogP contribution in [0.2, 0.25) is 0 Å². The number of likely N-dealkylation sites (tertiary alicyclic amines) is 2. The van der Waals surface area contributed by atoms with Gasteiger partial charge in [-0.3, -0.25) is 9.80 Å². The first-order valence-corrected chi connectivity index (χ1v) is 11.5. The van der Waals surface area contributed by atoms with Crippen LogP contribution in [-0.2, 0) is 13.1 Å². The number of hydrogen-bond donors (Lipinski definition) is 0. The highest BCUT2D eigenvalue weighted by molar-refractivity contribution is 5.28. The molecule has 168 valence electrons. The Kier molecular flexibility index (Phi) is 5.74. The summed E-state index contributed by atoms with van der Waals surface area (Å²) in [6.07, 6.45) is 0.197. The molecular weight excluding hydrogens is 400 g/mol. The van der Waals surface area contributed by atoms with Gasteiger partial charge in [0, 0.05) is 44.7 Å². The molecule has 0 radical (unpaired) electrons. The fraction of sp³-hybridized carbons (Fsp3) is 0.462. The molecule has 0 N–H and O–H groups in total. The number of benzene rings is 2. The molecule has 0 amide bonds. The van der Waals surface area contributed by atoms with E-state index in [1.54, 1.807) is 0 Å². The summed E-state index contributed by atoms with van der Waals surface area (Å²) in [5.74, 6) is 2.73. The number of rotatable bonds is 7. The van der Waals surface area contributed by atoms with Crippen molar-refractivity contribution in [1.82, 2.24) is 19.9 Å². The van der Waals surface area contributed by atoms with Gasteiger partial charge in [-0.2, -0.15) is 4.98 Å². The summed E-state index contributed by atoms with van der Waals surface area (Å²) < 4.78 is 11.4. The van der Waals surface area contributed by atoms with Gasteiger partial charge >= 0.3 is 0 Å². The highest BCUT2D eigenvalue weighted by atomic mass is 16.5. The molecule has 2 aliphatic heterocycles. The third-order valence-corrected chi connectivity index (χ3v) is 6.59. The highest BCUT2D eigenvalue weighted by Crippen LogP contribution is 2.49. The van der Waals surface area contributed by atoms with Crippen LogP contribution >= 0.6 is 0 Å². The topological polar surface area (TPSA) is 54.6 Å². The van der Waals surface area contributed by atoms with E-state index in [9.17, 15) is 0 Å². The first-order valence-electron chi connectivity index (χ1n) is 11.5. The van der Waals surface area contributed by atoms with Gasteiger partial charge in [0.2, 0.25) is 5.89 Å². The van der Waals surface area contributed by atoms with Crippen LogP contribution in [-0.4, -0.2) is 52.2 Å². The van der Waals surface area contributed by atoms with Gasteiger partial charge in [0.25, 0.3) is 0 Å². The molecule has 6 heteroatoms. The Labute approximate surface area is 190 Å². The van der Waals surface area contributed by atoms with E-state index < -0.39 is 0 Å². The Morgan fingerprint density at radius 3 is 2.28 bits per heavy atom. The number of ether oxygens (including phenoxy) is 1. The van der Waals surface area contributed by atoms with Gasteiger partial charge in [0.15, 0.2) is 5.82 Å². The summed E-state index contributed by atoms with van der Waals surface area (Å²) in [6, 6.07) is 19.2. The van der Waals surface area contributed by atoms with Crippen LogP contribution in [0.25, 0.3) is 0 Å². The summed E-state index contributed by atoms with van der Waals surface area (Å²) in [7, 11) is 0. The summed E-state index contributed by atoms with van der Waals surface area (Å²) in [4.78, 5) is 9.70. The maximum absolute atomic E-state index is 5.77. The summed E-state index contributed by atoms with van der Waals surface area (Å²) in [5, 5.41) is 4.08. The molecule has 32 heavy (non-hydrogen) atoms. The van der Waals surface area contributed by atoms with Crippen molar-refractivity contribution in [1.29, 1.82) is 0 Å². The Morgan fingerprint density at radius 1 is 0.969 bits per heavy atom. The quantitative estimate of drug-likeness (QED) is 0.556. The van der Waals surface area contributed by atoms with Gasteiger partial charge < -0.3 is 9.26 Å². The molecule has 2 aromatic carbocycles. The maximum atomic E-state index is 5.77. The Bertz CT molecular complexity index is 1030. The third kappa shape index (κ3) is 4.43. The number of nitrogens with zero attached hydrogens (tertiary/aromatic N) is 4. The molecule has 3 heterocycles. The Morgan fingerprint density at radius 2 is 1.62 bits per heavy atom. The van der Waals surface area contributed by atoms with E-state index in [2.05, 4.69) is 88.4 Å². The molecule has 1 unspecified atom stereocenters. The maximum Gasteiger partial charge on any atom is 0.231 e. The minimum atomic E-state index is 0.175. The van der Waals surface area contributed by atoms with Crippen molar-refractivity contribution in [3.8, 4) is 5.75 Å². The monoisotopic (exact) mass is 432 g/mol. The second-order valence-electron chi connectivity index (χ2n) is 9.71. The molecule has 6 nitrogen and oxygen atoms in total. The fourth-order valence-corrected chi connectivity index (χ4v) is 5.31. The zero-order valence-electron chi connectivity index (χ0n) is 19.2. The van der Waals surface area contributed by atoms with Crippen molar-refractivity contribution in [2.45, 2.75) is 45.9 Å². The summed E-state index contributed by atoms with van der Waals surface area (Å²) in [5.41, 5.74) is 2.85. The lowest BCUT2D eigenvalue weighted by atomic mass is 9.71. The minimum absolute atomic E-state index is 0.175. The van der Waals surface area contributed by atoms with Gasteiger partial charge in [-0.1, -0.05) is 47.6 Å². The van der Waals surface area contributed by atoms with Crippen molar-refractivity contribution in [2.75, 3.05) is 26.2 Å². The average Bonchev–Trinajstić information content (AvgIpc) is 3.33. The molecule has 0 bridgehead atoms. The van der Waals surface area contributed by atoms with Crippen LogP contribution in [0, 0.1) is 12.3 Å². The van der Waals surface area contributed by atoms with Gasteiger partial charge in [-0.05, 0) is 44.0 Å². The second kappa shape index (κ2) is 8.68. The van der Waals surface area contributed by atoms with E-state index in [1.165, 1.54) is 11.1 Å². The Balaban J connectivity index is 1.26. The predicted octanol–water partition coefficient (Wildman–Crippen LogP) is 4.27. The van der Waals surface area contributed by atoms with Crippen LogP contribution in [0.15, 0.2) is 59.1 Å². The number of aryl methyl sites for hydroxylation is 1. The normalized spacial score (nSPS) is 20.7. The SMILES string of the molecule is Cc1noc(C2CN(Cc3ccccc3)CC23CN(Cc2ccc(OC(C)C)cc2)C3)n1. The lowest BCUT2D eigenvalue weighted by Gasteiger charge is -2.50. The molecule has 1 spiro atoms. The summed E-state index contributed by atoms with van der Waals surface area (Å²) in [6.45, 7) is 12.0. The lowest BCUT2D eigenvalue weighted by molar-refractivity contribution is -0.0150. The molecule has 3 aromatic rings. The van der Waals surface area contributed by atoms with Gasteiger partial charge in [0.05, 0.1) is 12.0 Å².